The van der Waals surface area contributed by atoms with Gasteiger partial charge in [0.25, 0.3) is 16.7 Å². The number of anilines is 4. The van der Waals surface area contributed by atoms with E-state index < -0.39 is 43.1 Å². The normalized spacial score (nSPS) is 12.0. The van der Waals surface area contributed by atoms with Crippen molar-refractivity contribution in [2.24, 2.45) is 9.98 Å². The van der Waals surface area contributed by atoms with Crippen molar-refractivity contribution in [2.75, 3.05) is 35.4 Å². The summed E-state index contributed by atoms with van der Waals surface area (Å²) in [6.45, 7) is 21.6. The minimum Gasteiger partial charge on any atom is -0.322 e. The lowest BCUT2D eigenvalue weighted by atomic mass is 10.1. The number of carbonyl (C=O) groups is 3. The fourth-order valence-electron chi connectivity index (χ4n) is 10.7. The topological polar surface area (TPSA) is 368 Å². The van der Waals surface area contributed by atoms with Crippen molar-refractivity contribution >= 4 is 96.3 Å². The number of unbranched alkanes of at least 4 members (excludes halogenated alkanes) is 7. The zero-order valence-corrected chi connectivity index (χ0v) is 56.2. The largest absolute Gasteiger partial charge is 0.349 e. The number of rotatable bonds is 24. The van der Waals surface area contributed by atoms with E-state index in [4.69, 9.17) is 4.84 Å². The number of aromatic amines is 3. The molecular formula is C67H83N15O12S2. The smallest absolute Gasteiger partial charge is 0.322 e. The molecule has 510 valence electrons. The van der Waals surface area contributed by atoms with Gasteiger partial charge in [-0.15, -0.1) is 0 Å². The summed E-state index contributed by atoms with van der Waals surface area (Å²) in [7, 11) is -7.04. The highest BCUT2D eigenvalue weighted by molar-refractivity contribution is 7.89. The van der Waals surface area contributed by atoms with E-state index in [0.717, 1.165) is 113 Å². The first kappa shape index (κ1) is 73.5. The Morgan fingerprint density at radius 2 is 0.958 bits per heavy atom. The maximum Gasteiger partial charge on any atom is 0.349 e. The van der Waals surface area contributed by atoms with Crippen LogP contribution >= 0.6 is 0 Å². The number of nitrogens with one attached hydrogen (secondary N) is 6. The number of fused-ring (bicyclic) bond motifs is 6. The summed E-state index contributed by atoms with van der Waals surface area (Å²) in [4.78, 5) is 127. The number of benzene rings is 4. The van der Waals surface area contributed by atoms with E-state index >= 15 is 0 Å². The Kier molecular flexibility index (Phi) is 24.9. The second-order valence-electron chi connectivity index (χ2n) is 23.7. The van der Waals surface area contributed by atoms with E-state index in [0.29, 0.717) is 81.2 Å². The minimum atomic E-state index is -3.53. The van der Waals surface area contributed by atoms with Gasteiger partial charge in [-0.05, 0) is 155 Å². The molecule has 0 spiro atoms. The Morgan fingerprint density at radius 1 is 0.521 bits per heavy atom. The van der Waals surface area contributed by atoms with Crippen LogP contribution in [0.3, 0.4) is 0 Å². The first-order chi connectivity index (χ1) is 45.0. The Morgan fingerprint density at radius 3 is 1.46 bits per heavy atom. The van der Waals surface area contributed by atoms with Crippen LogP contribution in [0, 0.1) is 41.5 Å². The van der Waals surface area contributed by atoms with Crippen LogP contribution in [0.1, 0.15) is 130 Å². The molecule has 6 heterocycles. The SMILES string of the molecule is C.C=c1nc2c(c(=O)[nH]1)=Nc1cc(C)c(C)cc1N2CCCCCC(=O)NS(C)(=O)=O.C=c1nc2c(c(=O)[nH]1)=Nc1cc(C)c(C)cc1N2CCCCCCC(=O)NS(C)(=O)=O.Cc1cc2nc3c(=O)[nH]c(=O)nc-3n(CCCCCC(=O)NOCc3ccccc3)c2cc1C. The molecule has 4 aliphatic rings. The zero-order chi connectivity index (χ0) is 68.9. The van der Waals surface area contributed by atoms with Crippen LogP contribution in [0.5, 0.6) is 0 Å². The Balaban J connectivity index is 0.000000203. The molecule has 0 saturated heterocycles. The van der Waals surface area contributed by atoms with Crippen molar-refractivity contribution in [1.82, 2.24) is 54.4 Å². The predicted molar refractivity (Wildman–Crippen MR) is 370 cm³/mol. The molecule has 6 aromatic rings. The molecule has 3 amide bonds. The van der Waals surface area contributed by atoms with Crippen LogP contribution in [0.2, 0.25) is 0 Å². The van der Waals surface area contributed by atoms with Gasteiger partial charge in [0.15, 0.2) is 33.9 Å². The van der Waals surface area contributed by atoms with Crippen molar-refractivity contribution in [3.8, 4) is 11.5 Å². The zero-order valence-electron chi connectivity index (χ0n) is 54.5. The first-order valence-electron chi connectivity index (χ1n) is 31.0. The molecule has 4 aliphatic heterocycles. The van der Waals surface area contributed by atoms with E-state index in [1.807, 2.05) is 126 Å². The number of carbonyl (C=O) groups excluding carboxylic acids is 3. The van der Waals surface area contributed by atoms with Gasteiger partial charge in [-0.3, -0.25) is 48.0 Å². The summed E-state index contributed by atoms with van der Waals surface area (Å²) >= 11 is 0. The number of hydrogen-bond acceptors (Lipinski definition) is 20. The van der Waals surface area contributed by atoms with Gasteiger partial charge in [-0.1, -0.05) is 76.6 Å². The summed E-state index contributed by atoms with van der Waals surface area (Å²) in [6.07, 6.45) is 9.78. The number of sulfonamides is 2. The molecule has 27 nitrogen and oxygen atoms in total. The lowest BCUT2D eigenvalue weighted by Crippen LogP contribution is -2.42. The quantitative estimate of drug-likeness (QED) is 0.0240. The van der Waals surface area contributed by atoms with Gasteiger partial charge >= 0.3 is 5.69 Å². The molecule has 0 saturated carbocycles. The van der Waals surface area contributed by atoms with Gasteiger partial charge in [0.05, 0.1) is 52.9 Å². The number of hydrogen-bond donors (Lipinski definition) is 6. The fourth-order valence-corrected chi connectivity index (χ4v) is 11.7. The third-order valence-corrected chi connectivity index (χ3v) is 17.0. The van der Waals surface area contributed by atoms with E-state index in [2.05, 4.69) is 69.6 Å². The van der Waals surface area contributed by atoms with Gasteiger partial charge in [-0.2, -0.15) is 4.98 Å². The third kappa shape index (κ3) is 19.9. The maximum absolute atomic E-state index is 12.4. The second-order valence-corrected chi connectivity index (χ2v) is 27.2. The molecule has 0 fully saturated rings. The first-order valence-corrected chi connectivity index (χ1v) is 34.8. The molecule has 0 bridgehead atoms. The van der Waals surface area contributed by atoms with Crippen LogP contribution in [0.4, 0.5) is 34.4 Å². The number of aromatic nitrogens is 8. The van der Waals surface area contributed by atoms with Crippen LogP contribution in [0.15, 0.2) is 95.9 Å². The molecule has 10 rings (SSSR count). The van der Waals surface area contributed by atoms with Gasteiger partial charge < -0.3 is 24.3 Å². The highest BCUT2D eigenvalue weighted by Crippen LogP contribution is 2.38. The number of nitrogens with zero attached hydrogens (tertiary/aromatic N) is 9. The van der Waals surface area contributed by atoms with Gasteiger partial charge in [0, 0.05) is 38.9 Å². The van der Waals surface area contributed by atoms with Crippen LogP contribution < -0.4 is 68.8 Å². The van der Waals surface area contributed by atoms with Gasteiger partial charge in [0.1, 0.15) is 11.0 Å². The summed E-state index contributed by atoms with van der Waals surface area (Å²) in [6, 6.07) is 21.6. The number of H-pyrrole nitrogens is 3. The van der Waals surface area contributed by atoms with Crippen molar-refractivity contribution < 1.29 is 36.1 Å². The molecule has 0 unspecified atom stereocenters. The van der Waals surface area contributed by atoms with E-state index in [-0.39, 0.29) is 70.5 Å². The fraction of sp³-hybridized carbons (Fsp3) is 0.388. The number of hydroxylamine groups is 1. The van der Waals surface area contributed by atoms with E-state index in [1.54, 1.807) is 0 Å². The van der Waals surface area contributed by atoms with E-state index in [1.165, 1.54) is 0 Å². The van der Waals surface area contributed by atoms with Crippen LogP contribution in [-0.4, -0.2) is 99.6 Å². The lowest BCUT2D eigenvalue weighted by molar-refractivity contribution is -0.134. The van der Waals surface area contributed by atoms with Crippen LogP contribution in [0.25, 0.3) is 35.7 Å². The Hall–Kier alpha value is -9.87. The minimum absolute atomic E-state index is 0. The van der Waals surface area contributed by atoms with Crippen molar-refractivity contribution in [3.05, 3.63) is 169 Å². The standard InChI is InChI=1S/C25H27N5O4.C21H27N5O4S.C20H25N5O4S.CH4/c1-16-13-19-20(14-17(16)2)30(23-22(26-19)24(32)28-25(33)27-23)12-8-4-7-11-21(31)29-34-15-18-9-5-3-6-10-18;1-13-11-16-17(12-14(13)2)26(20-19(24-16)21(28)23-15(3)22-20)10-8-6-5-7-9-18(27)25-31(4,29)30;1-12-10-15-16(11-13(12)2)25(19-18(23-15)20(27)22-14(3)21-19)9-7-5-6-8-17(26)24-30(4,28)29;/h3,5-6,9-10,13-14H,4,7-8,11-12,15H2,1-2H3,(H,29,31)(H,28,32,33);11-12H,3,5-10H2,1-2,4H3,(H,23,28)(H,25,27);10-11H,3,5-9H2,1-2,4H3,(H,22,27)(H,24,26);1H4. The highest BCUT2D eigenvalue weighted by atomic mass is 32.2. The van der Waals surface area contributed by atoms with Gasteiger partial charge in [-0.25, -0.2) is 52.0 Å². The molecule has 29 heteroatoms. The molecule has 0 aliphatic carbocycles. The second kappa shape index (κ2) is 32.5. The number of aryl methyl sites for hydroxylation is 7. The van der Waals surface area contributed by atoms with Crippen molar-refractivity contribution in [1.29, 1.82) is 0 Å². The van der Waals surface area contributed by atoms with Crippen molar-refractivity contribution in [2.45, 2.75) is 146 Å². The Labute approximate surface area is 555 Å². The monoisotopic (exact) mass is 1350 g/mol. The van der Waals surface area contributed by atoms with Gasteiger partial charge in [0.2, 0.25) is 37.8 Å². The molecule has 96 heavy (non-hydrogen) atoms. The van der Waals surface area contributed by atoms with Crippen LogP contribution in [-0.2, 0) is 52.4 Å². The molecule has 2 aromatic heterocycles. The predicted octanol–water partition coefficient (Wildman–Crippen LogP) is 5.71. The average molecular weight is 1350 g/mol. The highest BCUT2D eigenvalue weighted by Gasteiger charge is 2.26. The maximum atomic E-state index is 12.4. The number of amides is 3. The lowest BCUT2D eigenvalue weighted by Gasteiger charge is -2.28. The summed E-state index contributed by atoms with van der Waals surface area (Å²) in [5.41, 5.74) is 13.5. The molecule has 4 aromatic carbocycles. The summed E-state index contributed by atoms with van der Waals surface area (Å²) in [5, 5.41) is 0.534. The third-order valence-electron chi connectivity index (χ3n) is 15.8. The molecule has 0 radical (unpaired) electrons. The summed E-state index contributed by atoms with van der Waals surface area (Å²) < 4.78 is 50.1. The molecule has 0 atom stereocenters. The Bertz CT molecular complexity index is 4920. The van der Waals surface area contributed by atoms with Crippen molar-refractivity contribution in [3.63, 3.8) is 0 Å². The molecule has 6 N–H and O–H groups in total. The summed E-state index contributed by atoms with van der Waals surface area (Å²) in [5.74, 6) is 0.0767. The molecular weight excluding hydrogens is 1270 g/mol. The average Bonchev–Trinajstić information content (AvgIpc) is 0.774. The van der Waals surface area contributed by atoms with E-state index in [9.17, 15) is 50.4 Å².